The first-order valence-corrected chi connectivity index (χ1v) is 7.87. The Hall–Kier alpha value is -3.42. The van der Waals surface area contributed by atoms with Crippen LogP contribution in [0.4, 0.5) is 4.79 Å². The summed E-state index contributed by atoms with van der Waals surface area (Å²) in [5.41, 5.74) is 0.880. The van der Waals surface area contributed by atoms with E-state index in [0.29, 0.717) is 17.2 Å². The van der Waals surface area contributed by atoms with Crippen LogP contribution in [0.5, 0.6) is 23.0 Å². The molecule has 0 fully saturated rings. The van der Waals surface area contributed by atoms with Crippen molar-refractivity contribution in [2.75, 3.05) is 20.5 Å². The van der Waals surface area contributed by atoms with Crippen LogP contribution in [0.1, 0.15) is 5.56 Å². The number of hydrogen-bond donors (Lipinski definition) is 2. The van der Waals surface area contributed by atoms with E-state index in [9.17, 15) is 9.59 Å². The van der Waals surface area contributed by atoms with Gasteiger partial charge in [-0.25, -0.2) is 4.79 Å². The van der Waals surface area contributed by atoms with Crippen molar-refractivity contribution in [1.29, 1.82) is 0 Å². The van der Waals surface area contributed by atoms with Crippen LogP contribution < -0.4 is 29.6 Å². The summed E-state index contributed by atoms with van der Waals surface area (Å²) < 4.78 is 20.8. The predicted octanol–water partition coefficient (Wildman–Crippen LogP) is 1.83. The van der Waals surface area contributed by atoms with E-state index in [1.807, 2.05) is 12.1 Å². The van der Waals surface area contributed by atoms with Crippen molar-refractivity contribution in [2.45, 2.75) is 6.54 Å². The quantitative estimate of drug-likeness (QED) is 0.818. The molecule has 8 heteroatoms. The molecule has 2 aromatic rings. The molecular weight excluding hydrogens is 340 g/mol. The highest BCUT2D eigenvalue weighted by molar-refractivity contribution is 5.94. The van der Waals surface area contributed by atoms with E-state index in [4.69, 9.17) is 18.9 Å². The number of methoxy groups -OCH3 is 1. The molecule has 1 heterocycles. The van der Waals surface area contributed by atoms with Crippen molar-refractivity contribution in [2.24, 2.45) is 0 Å². The van der Waals surface area contributed by atoms with Crippen molar-refractivity contribution in [3.8, 4) is 23.0 Å². The molecule has 0 atom stereocenters. The fourth-order valence-corrected chi connectivity index (χ4v) is 2.25. The van der Waals surface area contributed by atoms with Crippen LogP contribution in [0, 0.1) is 0 Å². The SMILES string of the molecule is COc1ccc(CNC(=O)NC(=O)COc2ccc3c(c2)OCO3)cc1. The first-order valence-electron chi connectivity index (χ1n) is 7.87. The second-order valence-corrected chi connectivity index (χ2v) is 5.38. The average molecular weight is 358 g/mol. The number of rotatable bonds is 6. The normalized spacial score (nSPS) is 11.6. The number of fused-ring (bicyclic) bond motifs is 1. The van der Waals surface area contributed by atoms with Gasteiger partial charge in [0, 0.05) is 12.6 Å². The Morgan fingerprint density at radius 1 is 1.04 bits per heavy atom. The van der Waals surface area contributed by atoms with Gasteiger partial charge in [-0.3, -0.25) is 10.1 Å². The summed E-state index contributed by atoms with van der Waals surface area (Å²) in [6.07, 6.45) is 0. The van der Waals surface area contributed by atoms with Crippen LogP contribution in [-0.2, 0) is 11.3 Å². The third kappa shape index (κ3) is 4.56. The number of hydrogen-bond acceptors (Lipinski definition) is 6. The zero-order chi connectivity index (χ0) is 18.4. The molecular formula is C18H18N2O6. The Balaban J connectivity index is 1.40. The molecule has 1 aliphatic heterocycles. The maximum absolute atomic E-state index is 11.8. The summed E-state index contributed by atoms with van der Waals surface area (Å²) in [5, 5.41) is 4.80. The Bertz CT molecular complexity index is 791. The molecule has 0 saturated heterocycles. The first kappa shape index (κ1) is 17.4. The summed E-state index contributed by atoms with van der Waals surface area (Å²) in [7, 11) is 1.58. The van der Waals surface area contributed by atoms with Crippen LogP contribution in [-0.4, -0.2) is 32.4 Å². The monoisotopic (exact) mass is 358 g/mol. The van der Waals surface area contributed by atoms with Crippen molar-refractivity contribution >= 4 is 11.9 Å². The number of carbonyl (C=O) groups excluding carboxylic acids is 2. The van der Waals surface area contributed by atoms with Crippen molar-refractivity contribution in [1.82, 2.24) is 10.6 Å². The van der Waals surface area contributed by atoms with Crippen LogP contribution in [0.15, 0.2) is 42.5 Å². The topological polar surface area (TPSA) is 95.1 Å². The van der Waals surface area contributed by atoms with Gasteiger partial charge in [0.2, 0.25) is 6.79 Å². The van der Waals surface area contributed by atoms with Gasteiger partial charge in [0.1, 0.15) is 11.5 Å². The number of ether oxygens (including phenoxy) is 4. The molecule has 1 aliphatic rings. The third-order valence-electron chi connectivity index (χ3n) is 3.58. The van der Waals surface area contributed by atoms with Gasteiger partial charge in [-0.1, -0.05) is 12.1 Å². The zero-order valence-electron chi connectivity index (χ0n) is 14.1. The smallest absolute Gasteiger partial charge is 0.321 e. The summed E-state index contributed by atoms with van der Waals surface area (Å²) in [6.45, 7) is 0.148. The summed E-state index contributed by atoms with van der Waals surface area (Å²) in [5.74, 6) is 1.80. The van der Waals surface area contributed by atoms with E-state index >= 15 is 0 Å². The zero-order valence-corrected chi connectivity index (χ0v) is 14.1. The van der Waals surface area contributed by atoms with E-state index < -0.39 is 11.9 Å². The van der Waals surface area contributed by atoms with Crippen molar-refractivity contribution in [3.63, 3.8) is 0 Å². The number of amides is 3. The maximum atomic E-state index is 11.8. The molecule has 26 heavy (non-hydrogen) atoms. The van der Waals surface area contributed by atoms with Gasteiger partial charge in [0.05, 0.1) is 7.11 Å². The summed E-state index contributed by atoms with van der Waals surface area (Å²) >= 11 is 0. The van der Waals surface area contributed by atoms with E-state index in [-0.39, 0.29) is 19.9 Å². The van der Waals surface area contributed by atoms with E-state index in [1.54, 1.807) is 37.4 Å². The Morgan fingerprint density at radius 3 is 2.54 bits per heavy atom. The number of nitrogens with one attached hydrogen (secondary N) is 2. The third-order valence-corrected chi connectivity index (χ3v) is 3.58. The molecule has 0 unspecified atom stereocenters. The molecule has 2 aromatic carbocycles. The van der Waals surface area contributed by atoms with Crippen molar-refractivity contribution in [3.05, 3.63) is 48.0 Å². The van der Waals surface area contributed by atoms with Gasteiger partial charge >= 0.3 is 6.03 Å². The van der Waals surface area contributed by atoms with Gasteiger partial charge in [-0.05, 0) is 29.8 Å². The van der Waals surface area contributed by atoms with Crippen LogP contribution in [0.2, 0.25) is 0 Å². The average Bonchev–Trinajstić information content (AvgIpc) is 3.13. The lowest BCUT2D eigenvalue weighted by Crippen LogP contribution is -2.41. The van der Waals surface area contributed by atoms with Crippen LogP contribution in [0.25, 0.3) is 0 Å². The van der Waals surface area contributed by atoms with E-state index in [0.717, 1.165) is 11.3 Å². The van der Waals surface area contributed by atoms with E-state index in [1.165, 1.54) is 0 Å². The number of imide groups is 1. The molecule has 0 saturated carbocycles. The molecule has 136 valence electrons. The van der Waals surface area contributed by atoms with E-state index in [2.05, 4.69) is 10.6 Å². The molecule has 3 amide bonds. The van der Waals surface area contributed by atoms with Gasteiger partial charge in [-0.2, -0.15) is 0 Å². The predicted molar refractivity (Wildman–Crippen MR) is 91.4 cm³/mol. The highest BCUT2D eigenvalue weighted by atomic mass is 16.7. The first-order chi connectivity index (χ1) is 12.6. The molecule has 0 bridgehead atoms. The number of urea groups is 1. The van der Waals surface area contributed by atoms with Gasteiger partial charge in [-0.15, -0.1) is 0 Å². The highest BCUT2D eigenvalue weighted by Crippen LogP contribution is 2.34. The molecule has 8 nitrogen and oxygen atoms in total. The van der Waals surface area contributed by atoms with Gasteiger partial charge in [0.15, 0.2) is 18.1 Å². The lowest BCUT2D eigenvalue weighted by atomic mass is 10.2. The van der Waals surface area contributed by atoms with Crippen molar-refractivity contribution < 1.29 is 28.5 Å². The Kier molecular flexibility index (Phi) is 5.43. The molecule has 0 spiro atoms. The largest absolute Gasteiger partial charge is 0.497 e. The summed E-state index contributed by atoms with van der Waals surface area (Å²) in [4.78, 5) is 23.5. The number of benzene rings is 2. The van der Waals surface area contributed by atoms with Gasteiger partial charge in [0.25, 0.3) is 5.91 Å². The molecule has 2 N–H and O–H groups in total. The minimum Gasteiger partial charge on any atom is -0.497 e. The molecule has 0 aliphatic carbocycles. The fraction of sp³-hybridized carbons (Fsp3) is 0.222. The van der Waals surface area contributed by atoms with Crippen LogP contribution in [0.3, 0.4) is 0 Å². The Labute approximate surface area is 150 Å². The maximum Gasteiger partial charge on any atom is 0.321 e. The van der Waals surface area contributed by atoms with Gasteiger partial charge < -0.3 is 24.3 Å². The number of carbonyl (C=O) groups is 2. The highest BCUT2D eigenvalue weighted by Gasteiger charge is 2.14. The molecule has 0 aromatic heterocycles. The lowest BCUT2D eigenvalue weighted by molar-refractivity contribution is -0.122. The molecule has 3 rings (SSSR count). The standard InChI is InChI=1S/C18H18N2O6/c1-23-13-4-2-12(3-5-13)9-19-18(22)20-17(21)10-24-14-6-7-15-16(8-14)26-11-25-15/h2-8H,9-11H2,1H3,(H2,19,20,21,22). The second-order valence-electron chi connectivity index (χ2n) is 5.38. The second kappa shape index (κ2) is 8.11. The molecule has 0 radical (unpaired) electrons. The minimum absolute atomic E-state index is 0.160. The minimum atomic E-state index is -0.597. The summed E-state index contributed by atoms with van der Waals surface area (Å²) in [6, 6.07) is 11.6. The fourth-order valence-electron chi connectivity index (χ4n) is 2.25. The Morgan fingerprint density at radius 2 is 1.77 bits per heavy atom. The lowest BCUT2D eigenvalue weighted by Gasteiger charge is -2.09. The van der Waals surface area contributed by atoms with Crippen LogP contribution >= 0.6 is 0 Å².